The van der Waals surface area contributed by atoms with Gasteiger partial charge in [-0.3, -0.25) is 13.7 Å². The molecule has 7 N–H and O–H groups in total. The fourth-order valence-electron chi connectivity index (χ4n) is 3.97. The second-order valence-electron chi connectivity index (χ2n) is 9.18. The number of hydrogen-bond acceptors (Lipinski definition) is 14. The van der Waals surface area contributed by atoms with Crippen molar-refractivity contribution >= 4 is 69.6 Å². The van der Waals surface area contributed by atoms with Crippen molar-refractivity contribution in [3.05, 3.63) is 60.2 Å². The second-order valence-corrected chi connectivity index (χ2v) is 13.4. The van der Waals surface area contributed by atoms with Crippen LogP contribution in [0.4, 0.5) is 28.4 Å². The average molecular weight is 682 g/mol. The lowest BCUT2D eigenvalue weighted by molar-refractivity contribution is 0.202. The monoisotopic (exact) mass is 681 g/mol. The summed E-state index contributed by atoms with van der Waals surface area (Å²) in [6.07, 6.45) is 0. The number of hydrogen-bond donors (Lipinski definition) is 6. The number of aliphatic hydroxyl groups is 1. The van der Waals surface area contributed by atoms with Crippen LogP contribution in [0.2, 0.25) is 0 Å². The summed E-state index contributed by atoms with van der Waals surface area (Å²) in [6.45, 7) is 0.915. The Morgan fingerprint density at radius 1 is 0.778 bits per heavy atom. The van der Waals surface area contributed by atoms with Crippen LogP contribution in [0, 0.1) is 6.92 Å². The predicted molar refractivity (Wildman–Crippen MR) is 158 cm³/mol. The minimum absolute atomic E-state index is 0.0509. The Hall–Kier alpha value is -4.57. The van der Waals surface area contributed by atoms with E-state index >= 15 is 0 Å². The first-order valence-corrected chi connectivity index (χ1v) is 16.6. The first kappa shape index (κ1) is 33.3. The maximum atomic E-state index is 12.2. The number of fused-ring (bicyclic) bond motifs is 1. The van der Waals surface area contributed by atoms with Crippen molar-refractivity contribution in [3.8, 4) is 11.5 Å². The molecule has 20 heteroatoms. The number of aliphatic hydroxyl groups excluding tert-OH is 1. The van der Waals surface area contributed by atoms with Gasteiger partial charge in [0.05, 0.1) is 27.8 Å². The van der Waals surface area contributed by atoms with Crippen molar-refractivity contribution in [3.63, 3.8) is 0 Å². The number of azo groups is 2. The van der Waals surface area contributed by atoms with Gasteiger partial charge >= 0.3 is 0 Å². The number of phenolic OH excluding ortho intramolecular Hbond substituents is 1. The van der Waals surface area contributed by atoms with Gasteiger partial charge in [-0.2, -0.15) is 35.5 Å². The van der Waals surface area contributed by atoms with Crippen LogP contribution < -0.4 is 10.5 Å². The van der Waals surface area contributed by atoms with Crippen LogP contribution in [0.1, 0.15) is 5.56 Å². The average Bonchev–Trinajstić information content (AvgIpc) is 2.93. The molecule has 0 spiro atoms. The topological polar surface area (TPSA) is 288 Å². The van der Waals surface area contributed by atoms with Gasteiger partial charge in [0.25, 0.3) is 30.4 Å². The largest absolute Gasteiger partial charge is 0.505 e. The number of aromatic hydroxyl groups is 1. The Morgan fingerprint density at radius 3 is 2.07 bits per heavy atom. The zero-order valence-electron chi connectivity index (χ0n) is 22.8. The Kier molecular flexibility index (Phi) is 9.21. The van der Waals surface area contributed by atoms with E-state index in [0.29, 0.717) is 5.56 Å². The van der Waals surface area contributed by atoms with Gasteiger partial charge < -0.3 is 20.7 Å². The molecule has 0 amide bonds. The Labute approximate surface area is 255 Å². The fourth-order valence-corrected chi connectivity index (χ4v) is 5.70. The standard InChI is InChI=1S/C25H23N5O12S3/c1-13-7-20(21(42-6-5-31)12-19(13)28-27-15-3-2-4-16(10-15)43(33,34)35)29-30-24-22(45(39,40)41)9-14-8-17(44(36,37)38)11-18(26)23(14)25(24)32/h2-4,7-12,31-32H,5-6,26H2,1H3,(H,33,34,35)(H,36,37,38)(H,39,40,41). The third-order valence-electron chi connectivity index (χ3n) is 6.00. The maximum absolute atomic E-state index is 12.2. The summed E-state index contributed by atoms with van der Waals surface area (Å²) in [7, 11) is -14.4. The summed E-state index contributed by atoms with van der Waals surface area (Å²) in [4.78, 5) is -2.08. The number of ether oxygens (including phenoxy) is 1. The van der Waals surface area contributed by atoms with Gasteiger partial charge in [-0.15, -0.1) is 10.2 Å². The van der Waals surface area contributed by atoms with E-state index in [-0.39, 0.29) is 45.9 Å². The first-order chi connectivity index (χ1) is 20.9. The van der Waals surface area contributed by atoms with Crippen LogP contribution in [-0.4, -0.2) is 62.3 Å². The Bertz CT molecular complexity index is 2220. The highest BCUT2D eigenvalue weighted by Crippen LogP contribution is 2.45. The van der Waals surface area contributed by atoms with E-state index < -0.39 is 63.1 Å². The summed E-state index contributed by atoms with van der Waals surface area (Å²) in [6, 6.07) is 10.1. The van der Waals surface area contributed by atoms with Crippen LogP contribution in [0.25, 0.3) is 10.8 Å². The van der Waals surface area contributed by atoms with Crippen LogP contribution in [0.3, 0.4) is 0 Å². The van der Waals surface area contributed by atoms with Gasteiger partial charge in [0.2, 0.25) is 0 Å². The van der Waals surface area contributed by atoms with Crippen LogP contribution in [0.5, 0.6) is 11.5 Å². The van der Waals surface area contributed by atoms with E-state index in [1.165, 1.54) is 24.3 Å². The third-order valence-corrected chi connectivity index (χ3v) is 8.55. The van der Waals surface area contributed by atoms with Crippen LogP contribution >= 0.6 is 0 Å². The van der Waals surface area contributed by atoms with Crippen LogP contribution in [0.15, 0.2) is 89.7 Å². The van der Waals surface area contributed by atoms with E-state index in [1.54, 1.807) is 6.92 Å². The predicted octanol–water partition coefficient (Wildman–Crippen LogP) is 4.38. The molecule has 0 bridgehead atoms. The molecule has 45 heavy (non-hydrogen) atoms. The van der Waals surface area contributed by atoms with Crippen molar-refractivity contribution in [1.82, 2.24) is 0 Å². The summed E-state index contributed by atoms with van der Waals surface area (Å²) in [5.74, 6) is -0.944. The van der Waals surface area contributed by atoms with E-state index in [2.05, 4.69) is 20.5 Å². The fraction of sp³-hybridized carbons (Fsp3) is 0.120. The van der Waals surface area contributed by atoms with Crippen molar-refractivity contribution in [2.45, 2.75) is 21.6 Å². The van der Waals surface area contributed by atoms with Crippen LogP contribution in [-0.2, 0) is 30.4 Å². The lowest BCUT2D eigenvalue weighted by Crippen LogP contribution is -2.03. The number of anilines is 1. The molecular formula is C25H23N5O12S3. The highest BCUT2D eigenvalue weighted by molar-refractivity contribution is 7.86. The molecule has 4 rings (SSSR count). The molecule has 0 aliphatic heterocycles. The number of rotatable bonds is 10. The van der Waals surface area contributed by atoms with E-state index in [0.717, 1.165) is 30.3 Å². The number of benzene rings is 4. The molecule has 0 aliphatic carbocycles. The quantitative estimate of drug-likeness (QED) is 0.0770. The number of aryl methyl sites for hydroxylation is 1. The van der Waals surface area contributed by atoms with Gasteiger partial charge in [0.15, 0.2) is 5.75 Å². The lowest BCUT2D eigenvalue weighted by atomic mass is 10.1. The molecule has 0 saturated carbocycles. The molecule has 4 aromatic rings. The molecule has 0 fully saturated rings. The van der Waals surface area contributed by atoms with E-state index in [9.17, 15) is 49.1 Å². The van der Waals surface area contributed by atoms with Gasteiger partial charge in [-0.25, -0.2) is 0 Å². The van der Waals surface area contributed by atoms with Gasteiger partial charge in [0, 0.05) is 17.1 Å². The van der Waals surface area contributed by atoms with Crippen molar-refractivity contribution in [2.24, 2.45) is 20.5 Å². The molecule has 0 radical (unpaired) electrons. The molecule has 0 heterocycles. The maximum Gasteiger partial charge on any atom is 0.296 e. The zero-order chi connectivity index (χ0) is 33.3. The molecule has 0 unspecified atom stereocenters. The number of nitrogens with zero attached hydrogens (tertiary/aromatic N) is 4. The number of phenols is 1. The minimum Gasteiger partial charge on any atom is -0.505 e. The summed E-state index contributed by atoms with van der Waals surface area (Å²) in [5.41, 5.74) is 5.33. The summed E-state index contributed by atoms with van der Waals surface area (Å²) >= 11 is 0. The molecule has 0 saturated heterocycles. The SMILES string of the molecule is Cc1cc(N=Nc2c(S(=O)(=O)O)cc3cc(S(=O)(=O)O)cc(N)c3c2O)c(OCCO)cc1N=Nc1cccc(S(=O)(=O)O)c1. The molecule has 4 aromatic carbocycles. The highest BCUT2D eigenvalue weighted by Gasteiger charge is 2.25. The summed E-state index contributed by atoms with van der Waals surface area (Å²) in [5, 5.41) is 35.5. The molecule has 17 nitrogen and oxygen atoms in total. The van der Waals surface area contributed by atoms with E-state index in [1.807, 2.05) is 0 Å². The van der Waals surface area contributed by atoms with Crippen molar-refractivity contribution in [2.75, 3.05) is 18.9 Å². The van der Waals surface area contributed by atoms with Gasteiger partial charge in [-0.05, 0) is 60.3 Å². The lowest BCUT2D eigenvalue weighted by Gasteiger charge is -2.12. The molecule has 0 atom stereocenters. The van der Waals surface area contributed by atoms with Crippen molar-refractivity contribution in [1.29, 1.82) is 0 Å². The second kappa shape index (κ2) is 12.4. The Morgan fingerprint density at radius 2 is 1.44 bits per heavy atom. The Balaban J connectivity index is 1.84. The molecular weight excluding hydrogens is 658 g/mol. The molecule has 0 aliphatic rings. The highest BCUT2D eigenvalue weighted by atomic mass is 32.2. The normalized spacial score (nSPS) is 12.8. The molecule has 0 aromatic heterocycles. The zero-order valence-corrected chi connectivity index (χ0v) is 25.2. The van der Waals surface area contributed by atoms with Crippen molar-refractivity contribution < 1.29 is 53.9 Å². The van der Waals surface area contributed by atoms with Gasteiger partial charge in [0.1, 0.15) is 28.6 Å². The molecule has 238 valence electrons. The summed E-state index contributed by atoms with van der Waals surface area (Å²) < 4.78 is 104. The number of nitrogens with two attached hydrogens (primary N) is 1. The minimum atomic E-state index is -5.11. The van der Waals surface area contributed by atoms with E-state index in [4.69, 9.17) is 10.5 Å². The number of nitrogen functional groups attached to an aromatic ring is 1. The third kappa shape index (κ3) is 7.57. The first-order valence-electron chi connectivity index (χ1n) is 12.2. The smallest absolute Gasteiger partial charge is 0.296 e. The van der Waals surface area contributed by atoms with Gasteiger partial charge in [-0.1, -0.05) is 6.07 Å².